The van der Waals surface area contributed by atoms with Gasteiger partial charge in [-0.1, -0.05) is 183 Å². The molecule has 0 saturated carbocycles. The average molecular weight is 897 g/mol. The number of unbranched alkanes of at least 4 members (excludes halogenated alkanes) is 21. The SMILES string of the molecule is CCCCC/C=C/C=C/CCCCCCCCCCCCC(=O)OC(COCCC(C(=O)O)[N+](C)(C)C)COC(=O)CCCCCCC/C=C/C/C=C/C/C=C/C/C=C/CCCCC. The lowest BCUT2D eigenvalue weighted by Gasteiger charge is -2.31. The molecule has 0 aliphatic rings. The first-order valence-corrected chi connectivity index (χ1v) is 26.0. The van der Waals surface area contributed by atoms with Gasteiger partial charge in [0.05, 0.1) is 34.4 Å². The number of ether oxygens (including phenoxy) is 3. The maximum Gasteiger partial charge on any atom is 0.362 e. The number of carboxylic acid groups (broad SMARTS) is 1. The fraction of sp³-hybridized carbons (Fsp3) is 0.732. The van der Waals surface area contributed by atoms with Crippen molar-refractivity contribution in [3.05, 3.63) is 72.9 Å². The summed E-state index contributed by atoms with van der Waals surface area (Å²) in [7, 11) is 5.53. The molecule has 0 heterocycles. The number of allylic oxidation sites excluding steroid dienone is 12. The Morgan fingerprint density at radius 2 is 0.875 bits per heavy atom. The van der Waals surface area contributed by atoms with E-state index < -0.39 is 18.1 Å². The molecule has 0 saturated heterocycles. The number of aliphatic carboxylic acids is 1. The van der Waals surface area contributed by atoms with Crippen molar-refractivity contribution < 1.29 is 38.2 Å². The van der Waals surface area contributed by atoms with Crippen LogP contribution in [-0.4, -0.2) is 80.6 Å². The molecule has 8 nitrogen and oxygen atoms in total. The molecule has 0 aliphatic carbocycles. The van der Waals surface area contributed by atoms with Crippen LogP contribution in [0.1, 0.15) is 213 Å². The second-order valence-electron chi connectivity index (χ2n) is 18.4. The second-order valence-corrected chi connectivity index (χ2v) is 18.4. The minimum Gasteiger partial charge on any atom is -0.477 e. The quantitative estimate of drug-likeness (QED) is 0.0214. The molecule has 0 aliphatic heterocycles. The van der Waals surface area contributed by atoms with E-state index in [-0.39, 0.29) is 36.2 Å². The fourth-order valence-electron chi connectivity index (χ4n) is 7.30. The van der Waals surface area contributed by atoms with Gasteiger partial charge in [0.2, 0.25) is 0 Å². The highest BCUT2D eigenvalue weighted by atomic mass is 16.6. The molecule has 0 aromatic heterocycles. The lowest BCUT2D eigenvalue weighted by Crippen LogP contribution is -2.50. The van der Waals surface area contributed by atoms with Crippen molar-refractivity contribution in [3.8, 4) is 0 Å². The van der Waals surface area contributed by atoms with Crippen molar-refractivity contribution in [1.29, 1.82) is 0 Å². The third-order valence-electron chi connectivity index (χ3n) is 11.4. The summed E-state index contributed by atoms with van der Waals surface area (Å²) in [6.45, 7) is 4.67. The smallest absolute Gasteiger partial charge is 0.362 e. The van der Waals surface area contributed by atoms with Crippen LogP contribution in [0.3, 0.4) is 0 Å². The molecular weight excluding hydrogens is 799 g/mol. The van der Waals surface area contributed by atoms with Gasteiger partial charge in [0.15, 0.2) is 12.1 Å². The van der Waals surface area contributed by atoms with Gasteiger partial charge in [0, 0.05) is 19.3 Å². The number of likely N-dealkylation sites (N-methyl/N-ethyl adjacent to an activating group) is 1. The summed E-state index contributed by atoms with van der Waals surface area (Å²) >= 11 is 0. The molecule has 0 rings (SSSR count). The highest BCUT2D eigenvalue weighted by molar-refractivity contribution is 5.72. The predicted molar refractivity (Wildman–Crippen MR) is 270 cm³/mol. The number of carboxylic acids is 1. The number of hydrogen-bond acceptors (Lipinski definition) is 6. The number of hydrogen-bond donors (Lipinski definition) is 1. The van der Waals surface area contributed by atoms with E-state index >= 15 is 0 Å². The number of carbonyl (C=O) groups is 3. The Morgan fingerprint density at radius 3 is 1.31 bits per heavy atom. The van der Waals surface area contributed by atoms with E-state index in [0.717, 1.165) is 77.0 Å². The van der Waals surface area contributed by atoms with Gasteiger partial charge >= 0.3 is 17.9 Å². The topological polar surface area (TPSA) is 99.1 Å². The zero-order valence-corrected chi connectivity index (χ0v) is 42.0. The van der Waals surface area contributed by atoms with Crippen molar-refractivity contribution in [1.82, 2.24) is 0 Å². The molecule has 2 atom stereocenters. The summed E-state index contributed by atoms with van der Waals surface area (Å²) < 4.78 is 17.3. The number of esters is 2. The first kappa shape index (κ1) is 60.8. The van der Waals surface area contributed by atoms with E-state index in [0.29, 0.717) is 19.3 Å². The van der Waals surface area contributed by atoms with Crippen molar-refractivity contribution in [2.24, 2.45) is 0 Å². The Kier molecular flexibility index (Phi) is 44.0. The molecule has 0 amide bonds. The molecule has 0 radical (unpaired) electrons. The van der Waals surface area contributed by atoms with Crippen LogP contribution in [0.15, 0.2) is 72.9 Å². The maximum absolute atomic E-state index is 12.8. The fourth-order valence-corrected chi connectivity index (χ4v) is 7.30. The number of quaternary nitrogens is 1. The molecule has 368 valence electrons. The average Bonchev–Trinajstić information content (AvgIpc) is 3.26. The van der Waals surface area contributed by atoms with E-state index in [4.69, 9.17) is 14.2 Å². The zero-order valence-electron chi connectivity index (χ0n) is 42.0. The molecule has 8 heteroatoms. The first-order chi connectivity index (χ1) is 31.1. The Hall–Kier alpha value is -3.23. The first-order valence-electron chi connectivity index (χ1n) is 26.0. The van der Waals surface area contributed by atoms with Crippen LogP contribution in [-0.2, 0) is 28.6 Å². The highest BCUT2D eigenvalue weighted by Crippen LogP contribution is 2.15. The standard InChI is InChI=1S/C56H97NO7/c1-6-8-10-12-14-16-18-20-22-24-26-27-29-30-32-34-36-38-40-42-44-46-54(58)63-51-52(50-62-49-48-53(56(60)61)57(3,4)5)64-55(59)47-45-43-41-39-37-35-33-31-28-25-23-21-19-17-15-13-11-9-7-2/h14-17,19-22,26-27,30,32,52-53H,6-13,18,23-25,28-29,31,33-51H2,1-5H3/p+1/b16-14+,17-15+,21-19+,22-20+,27-26+,32-30+. The summed E-state index contributed by atoms with van der Waals surface area (Å²) in [4.78, 5) is 37.2. The molecule has 1 N–H and O–H groups in total. The predicted octanol–water partition coefficient (Wildman–Crippen LogP) is 15.1. The van der Waals surface area contributed by atoms with Crippen LogP contribution in [0, 0.1) is 0 Å². The number of nitrogens with zero attached hydrogens (tertiary/aromatic N) is 1. The largest absolute Gasteiger partial charge is 0.477 e. The maximum atomic E-state index is 12.8. The molecule has 64 heavy (non-hydrogen) atoms. The van der Waals surface area contributed by atoms with Crippen LogP contribution in [0.25, 0.3) is 0 Å². The van der Waals surface area contributed by atoms with Crippen LogP contribution < -0.4 is 0 Å². The molecule has 0 spiro atoms. The Balaban J connectivity index is 4.30. The van der Waals surface area contributed by atoms with Gasteiger partial charge in [-0.3, -0.25) is 9.59 Å². The number of rotatable bonds is 46. The second kappa shape index (κ2) is 46.3. The third-order valence-corrected chi connectivity index (χ3v) is 11.4. The van der Waals surface area contributed by atoms with Gasteiger partial charge in [-0.05, 0) is 83.5 Å². The monoisotopic (exact) mass is 897 g/mol. The molecule has 0 aromatic rings. The lowest BCUT2D eigenvalue weighted by molar-refractivity contribution is -0.887. The van der Waals surface area contributed by atoms with E-state index in [1.54, 1.807) is 0 Å². The summed E-state index contributed by atoms with van der Waals surface area (Å²) in [6, 6.07) is -0.622. The van der Waals surface area contributed by atoms with Gasteiger partial charge in [0.1, 0.15) is 6.61 Å². The van der Waals surface area contributed by atoms with Gasteiger partial charge in [0.25, 0.3) is 0 Å². The molecule has 0 fully saturated rings. The van der Waals surface area contributed by atoms with Crippen LogP contribution >= 0.6 is 0 Å². The number of carbonyl (C=O) groups excluding carboxylic acids is 2. The van der Waals surface area contributed by atoms with Crippen molar-refractivity contribution in [3.63, 3.8) is 0 Å². The van der Waals surface area contributed by atoms with E-state index in [1.165, 1.54) is 103 Å². The third kappa shape index (κ3) is 44.0. The summed E-state index contributed by atoms with van der Waals surface area (Å²) in [5, 5.41) is 9.66. The van der Waals surface area contributed by atoms with Crippen LogP contribution in [0.4, 0.5) is 0 Å². The zero-order chi connectivity index (χ0) is 47.0. The minimum absolute atomic E-state index is 0.0508. The van der Waals surface area contributed by atoms with Crippen LogP contribution in [0.5, 0.6) is 0 Å². The summed E-state index contributed by atoms with van der Waals surface area (Å²) in [5.74, 6) is -1.50. The molecular formula is C56H98NO7+. The van der Waals surface area contributed by atoms with Gasteiger partial charge in [-0.15, -0.1) is 0 Å². The summed E-state index contributed by atoms with van der Waals surface area (Å²) in [5.41, 5.74) is 0. The summed E-state index contributed by atoms with van der Waals surface area (Å²) in [6.07, 6.45) is 59.4. The van der Waals surface area contributed by atoms with Crippen molar-refractivity contribution >= 4 is 17.9 Å². The Bertz CT molecular complexity index is 1270. The normalized spacial score (nSPS) is 13.5. The lowest BCUT2D eigenvalue weighted by atomic mass is 10.1. The minimum atomic E-state index is -0.879. The van der Waals surface area contributed by atoms with E-state index in [1.807, 2.05) is 21.1 Å². The van der Waals surface area contributed by atoms with E-state index in [9.17, 15) is 19.5 Å². The molecule has 0 aromatic carbocycles. The van der Waals surface area contributed by atoms with Gasteiger partial charge in [-0.2, -0.15) is 0 Å². The van der Waals surface area contributed by atoms with Crippen LogP contribution in [0.2, 0.25) is 0 Å². The van der Waals surface area contributed by atoms with Crippen molar-refractivity contribution in [2.75, 3.05) is 41.0 Å². The van der Waals surface area contributed by atoms with Gasteiger partial charge < -0.3 is 23.8 Å². The molecule has 2 unspecified atom stereocenters. The Labute approximate surface area is 393 Å². The van der Waals surface area contributed by atoms with E-state index in [2.05, 4.69) is 86.8 Å². The molecule has 0 bridgehead atoms. The van der Waals surface area contributed by atoms with Crippen molar-refractivity contribution in [2.45, 2.75) is 225 Å². The van der Waals surface area contributed by atoms with Gasteiger partial charge in [-0.25, -0.2) is 4.79 Å². The Morgan fingerprint density at radius 1 is 0.484 bits per heavy atom. The highest BCUT2D eigenvalue weighted by Gasteiger charge is 2.31.